The molecule has 1 aromatic carbocycles. The van der Waals surface area contributed by atoms with Gasteiger partial charge in [0, 0.05) is 12.1 Å². The third-order valence-electron chi connectivity index (χ3n) is 3.85. The van der Waals surface area contributed by atoms with Crippen molar-refractivity contribution >= 4 is 15.9 Å². The Hall–Kier alpha value is -1.40. The fourth-order valence-corrected chi connectivity index (χ4v) is 2.83. The molecular weight excluding hydrogens is 276 g/mol. The van der Waals surface area contributed by atoms with Crippen LogP contribution in [0.15, 0.2) is 23.1 Å². The fourth-order valence-electron chi connectivity index (χ4n) is 2.29. The Bertz CT molecular complexity index is 607. The normalized spacial score (nSPS) is 15.7. The number of benzene rings is 1. The zero-order valence-electron chi connectivity index (χ0n) is 11.6. The molecule has 0 bridgehead atoms. The Morgan fingerprint density at radius 2 is 2.10 bits per heavy atom. The first-order valence-corrected chi connectivity index (χ1v) is 8.34. The van der Waals surface area contributed by atoms with Crippen LogP contribution in [0, 0.1) is 12.8 Å². The average molecular weight is 296 g/mol. The van der Waals surface area contributed by atoms with Crippen LogP contribution < -0.4 is 10.5 Å². The number of aryl methyl sites for hydroxylation is 1. The first kappa shape index (κ1) is 15.0. The molecule has 0 radical (unpaired) electrons. The Kier molecular flexibility index (Phi) is 4.45. The van der Waals surface area contributed by atoms with Crippen molar-refractivity contribution in [3.63, 3.8) is 0 Å². The lowest BCUT2D eigenvalue weighted by atomic mass is 9.83. The number of carbonyl (C=O) groups is 1. The summed E-state index contributed by atoms with van der Waals surface area (Å²) < 4.78 is 22.6. The van der Waals surface area contributed by atoms with Gasteiger partial charge < -0.3 is 5.32 Å². The number of carbonyl (C=O) groups excluding carboxylic acids is 1. The largest absolute Gasteiger partial charge is 0.352 e. The molecule has 0 saturated heterocycles. The van der Waals surface area contributed by atoms with Crippen molar-refractivity contribution in [2.75, 3.05) is 6.54 Å². The molecule has 0 atom stereocenters. The Balaban J connectivity index is 2.04. The Morgan fingerprint density at radius 1 is 1.40 bits per heavy atom. The highest BCUT2D eigenvalue weighted by Crippen LogP contribution is 2.28. The summed E-state index contributed by atoms with van der Waals surface area (Å²) in [5.41, 5.74) is 1.10. The molecular formula is C14H20N2O3S. The van der Waals surface area contributed by atoms with Crippen LogP contribution in [0.1, 0.15) is 41.6 Å². The number of hydrogen-bond acceptors (Lipinski definition) is 3. The number of nitrogens with one attached hydrogen (secondary N) is 1. The van der Waals surface area contributed by atoms with Crippen LogP contribution in [0.2, 0.25) is 0 Å². The van der Waals surface area contributed by atoms with Crippen molar-refractivity contribution in [1.29, 1.82) is 0 Å². The van der Waals surface area contributed by atoms with Gasteiger partial charge in [0.05, 0.1) is 4.90 Å². The predicted molar refractivity (Wildman–Crippen MR) is 76.8 cm³/mol. The SMILES string of the molecule is Cc1ccc(S(N)(=O)=O)cc1C(=O)NCCC1CCC1. The van der Waals surface area contributed by atoms with E-state index in [1.54, 1.807) is 13.0 Å². The highest BCUT2D eigenvalue weighted by Gasteiger charge is 2.18. The van der Waals surface area contributed by atoms with Gasteiger partial charge in [0.1, 0.15) is 0 Å². The lowest BCUT2D eigenvalue weighted by molar-refractivity contribution is 0.0948. The molecule has 0 unspecified atom stereocenters. The number of sulfonamides is 1. The van der Waals surface area contributed by atoms with E-state index in [0.29, 0.717) is 12.1 Å². The van der Waals surface area contributed by atoms with E-state index in [0.717, 1.165) is 17.9 Å². The summed E-state index contributed by atoms with van der Waals surface area (Å²) in [6.07, 6.45) is 4.76. The minimum Gasteiger partial charge on any atom is -0.352 e. The second-order valence-corrected chi connectivity index (χ2v) is 6.92. The first-order valence-electron chi connectivity index (χ1n) is 6.79. The van der Waals surface area contributed by atoms with Crippen LogP contribution in [0.4, 0.5) is 0 Å². The molecule has 0 aliphatic heterocycles. The first-order chi connectivity index (χ1) is 9.38. The van der Waals surface area contributed by atoms with Gasteiger partial charge in [-0.05, 0) is 37.0 Å². The molecule has 0 heterocycles. The summed E-state index contributed by atoms with van der Waals surface area (Å²) in [5, 5.41) is 7.92. The van der Waals surface area contributed by atoms with Crippen LogP contribution in [-0.4, -0.2) is 20.9 Å². The van der Waals surface area contributed by atoms with Crippen molar-refractivity contribution in [1.82, 2.24) is 5.32 Å². The lowest BCUT2D eigenvalue weighted by Gasteiger charge is -2.25. The van der Waals surface area contributed by atoms with Crippen molar-refractivity contribution < 1.29 is 13.2 Å². The maximum atomic E-state index is 12.1. The van der Waals surface area contributed by atoms with E-state index in [1.165, 1.54) is 31.4 Å². The molecule has 20 heavy (non-hydrogen) atoms. The van der Waals surface area contributed by atoms with E-state index in [2.05, 4.69) is 5.32 Å². The molecule has 3 N–H and O–H groups in total. The van der Waals surface area contributed by atoms with E-state index in [9.17, 15) is 13.2 Å². The highest BCUT2D eigenvalue weighted by atomic mass is 32.2. The molecule has 1 aliphatic carbocycles. The van der Waals surface area contributed by atoms with Gasteiger partial charge in [-0.1, -0.05) is 25.3 Å². The molecule has 6 heteroatoms. The summed E-state index contributed by atoms with van der Waals surface area (Å²) in [6.45, 7) is 2.40. The summed E-state index contributed by atoms with van der Waals surface area (Å²) in [6, 6.07) is 4.35. The second kappa shape index (κ2) is 5.93. The number of hydrogen-bond donors (Lipinski definition) is 2. The number of amides is 1. The third kappa shape index (κ3) is 3.58. The smallest absolute Gasteiger partial charge is 0.251 e. The zero-order valence-corrected chi connectivity index (χ0v) is 12.4. The molecule has 1 aromatic rings. The minimum atomic E-state index is -3.78. The summed E-state index contributed by atoms with van der Waals surface area (Å²) in [4.78, 5) is 12.1. The van der Waals surface area contributed by atoms with Crippen LogP contribution in [0.3, 0.4) is 0 Å². The highest BCUT2D eigenvalue weighted by molar-refractivity contribution is 7.89. The van der Waals surface area contributed by atoms with Crippen LogP contribution in [0.25, 0.3) is 0 Å². The van der Waals surface area contributed by atoms with Gasteiger partial charge in [-0.3, -0.25) is 4.79 Å². The molecule has 0 spiro atoms. The Morgan fingerprint density at radius 3 is 2.65 bits per heavy atom. The topological polar surface area (TPSA) is 89.3 Å². The fraction of sp³-hybridized carbons (Fsp3) is 0.500. The van der Waals surface area contributed by atoms with Gasteiger partial charge in [-0.15, -0.1) is 0 Å². The van der Waals surface area contributed by atoms with E-state index in [4.69, 9.17) is 5.14 Å². The molecule has 1 fully saturated rings. The van der Waals surface area contributed by atoms with E-state index < -0.39 is 10.0 Å². The lowest BCUT2D eigenvalue weighted by Crippen LogP contribution is -2.28. The number of primary sulfonamides is 1. The third-order valence-corrected chi connectivity index (χ3v) is 4.76. The zero-order chi connectivity index (χ0) is 14.8. The van der Waals surface area contributed by atoms with Gasteiger partial charge in [0.25, 0.3) is 5.91 Å². The van der Waals surface area contributed by atoms with Crippen molar-refractivity contribution in [2.45, 2.75) is 37.5 Å². The molecule has 5 nitrogen and oxygen atoms in total. The standard InChI is InChI=1S/C14H20N2O3S/c1-10-5-6-12(20(15,18)19)9-13(10)14(17)16-8-7-11-3-2-4-11/h5-6,9,11H,2-4,7-8H2,1H3,(H,16,17)(H2,15,18,19). The second-order valence-electron chi connectivity index (χ2n) is 5.36. The average Bonchev–Trinajstić information content (AvgIpc) is 2.31. The number of nitrogens with two attached hydrogens (primary N) is 1. The minimum absolute atomic E-state index is 0.0350. The van der Waals surface area contributed by atoms with Crippen molar-refractivity contribution in [2.24, 2.45) is 11.1 Å². The van der Waals surface area contributed by atoms with E-state index >= 15 is 0 Å². The van der Waals surface area contributed by atoms with Crippen LogP contribution >= 0.6 is 0 Å². The van der Waals surface area contributed by atoms with Gasteiger partial charge in [-0.2, -0.15) is 0 Å². The van der Waals surface area contributed by atoms with Crippen molar-refractivity contribution in [3.8, 4) is 0 Å². The van der Waals surface area contributed by atoms with E-state index in [-0.39, 0.29) is 10.8 Å². The molecule has 1 saturated carbocycles. The van der Waals surface area contributed by atoms with Crippen molar-refractivity contribution in [3.05, 3.63) is 29.3 Å². The van der Waals surface area contributed by atoms with Gasteiger partial charge in [0.2, 0.25) is 10.0 Å². The van der Waals surface area contributed by atoms with Crippen LogP contribution in [0.5, 0.6) is 0 Å². The molecule has 1 amide bonds. The molecule has 110 valence electrons. The van der Waals surface area contributed by atoms with Gasteiger partial charge >= 0.3 is 0 Å². The maximum absolute atomic E-state index is 12.1. The predicted octanol–water partition coefficient (Wildman–Crippen LogP) is 1.56. The molecule has 1 aliphatic rings. The number of rotatable bonds is 5. The maximum Gasteiger partial charge on any atom is 0.251 e. The summed E-state index contributed by atoms with van der Waals surface area (Å²) in [5.74, 6) is 0.486. The monoisotopic (exact) mass is 296 g/mol. The summed E-state index contributed by atoms with van der Waals surface area (Å²) >= 11 is 0. The van der Waals surface area contributed by atoms with Crippen LogP contribution in [-0.2, 0) is 10.0 Å². The Labute approximate surface area is 119 Å². The molecule has 0 aromatic heterocycles. The van der Waals surface area contributed by atoms with E-state index in [1.807, 2.05) is 0 Å². The quantitative estimate of drug-likeness (QED) is 0.864. The molecule has 2 rings (SSSR count). The van der Waals surface area contributed by atoms with Gasteiger partial charge in [-0.25, -0.2) is 13.6 Å². The van der Waals surface area contributed by atoms with Gasteiger partial charge in [0.15, 0.2) is 0 Å². The summed E-state index contributed by atoms with van der Waals surface area (Å²) in [7, 11) is -3.78.